The molecule has 0 aliphatic carbocycles. The lowest BCUT2D eigenvalue weighted by atomic mass is 10.2. The van der Waals surface area contributed by atoms with E-state index in [4.69, 9.17) is 25.5 Å². The molecule has 0 atom stereocenters. The van der Waals surface area contributed by atoms with Gasteiger partial charge in [-0.3, -0.25) is 0 Å². The molecule has 0 amide bonds. The lowest BCUT2D eigenvalue weighted by Gasteiger charge is -1.90. The summed E-state index contributed by atoms with van der Waals surface area (Å²) in [6.45, 7) is 23.4. The highest BCUT2D eigenvalue weighted by molar-refractivity contribution is 5.25. The summed E-state index contributed by atoms with van der Waals surface area (Å²) in [5.74, 6) is 0.329. The number of phenolic OH excluding ortho intramolecular Hbond substituents is 1. The topological polar surface area (TPSA) is 101 Å². The Balaban J connectivity index is -0.000000350. The molecule has 0 aliphatic heterocycles. The standard InChI is InChI=1S/C8H10.C7H8O.C6H8O2.C4H6O.C3H6O/c1-7-4-3-5-8(2)6-7;1-6-3-2-4-7(8)5-6;1-5(7)3-4-6(2)8;1-3-4(2)5;1-3(2)4/h3-6H,1-2H3;2-5,8H,1H3;3-4,7-8H,1-2H2;3,5H,1-2H2;4H,1H2,2H3/b;;4-3-;;. The second-order valence-corrected chi connectivity index (χ2v) is 6.74. The summed E-state index contributed by atoms with van der Waals surface area (Å²) in [5, 5.41) is 41.5. The molecular formula is C28H38O5. The van der Waals surface area contributed by atoms with E-state index in [2.05, 4.69) is 71.0 Å². The summed E-state index contributed by atoms with van der Waals surface area (Å²) in [5.41, 5.74) is 3.76. The average molecular weight is 455 g/mol. The van der Waals surface area contributed by atoms with Gasteiger partial charge in [0.05, 0.1) is 5.76 Å². The summed E-state index contributed by atoms with van der Waals surface area (Å²) in [4.78, 5) is 0. The zero-order valence-corrected chi connectivity index (χ0v) is 20.1. The average Bonchev–Trinajstić information content (AvgIpc) is 2.67. The van der Waals surface area contributed by atoms with Crippen LogP contribution in [-0.2, 0) is 0 Å². The van der Waals surface area contributed by atoms with Crippen molar-refractivity contribution in [2.24, 2.45) is 0 Å². The second-order valence-electron chi connectivity index (χ2n) is 6.74. The van der Waals surface area contributed by atoms with E-state index in [0.29, 0.717) is 5.75 Å². The smallest absolute Gasteiger partial charge is 0.115 e. The third kappa shape index (κ3) is 35.7. The highest BCUT2D eigenvalue weighted by Gasteiger charge is 1.83. The molecule has 0 saturated carbocycles. The number of allylic oxidation sites excluding steroid dienone is 4. The predicted octanol–water partition coefficient (Wildman–Crippen LogP) is 8.01. The minimum atomic E-state index is -0.0970. The number of benzene rings is 2. The van der Waals surface area contributed by atoms with Gasteiger partial charge in [-0.15, -0.1) is 0 Å². The molecule has 180 valence electrons. The maximum absolute atomic E-state index is 8.81. The summed E-state index contributed by atoms with van der Waals surface area (Å²) in [6.07, 6.45) is 3.78. The molecular weight excluding hydrogens is 416 g/mol. The number of hydrogen-bond acceptors (Lipinski definition) is 5. The molecule has 0 radical (unpaired) electrons. The van der Waals surface area contributed by atoms with Gasteiger partial charge < -0.3 is 25.5 Å². The van der Waals surface area contributed by atoms with Crippen LogP contribution in [0.2, 0.25) is 0 Å². The van der Waals surface area contributed by atoms with Crippen molar-refractivity contribution in [1.82, 2.24) is 0 Å². The number of rotatable bonds is 3. The van der Waals surface area contributed by atoms with E-state index in [-0.39, 0.29) is 23.0 Å². The number of phenols is 1. The summed E-state index contributed by atoms with van der Waals surface area (Å²) >= 11 is 0. The van der Waals surface area contributed by atoms with Crippen molar-refractivity contribution in [2.45, 2.75) is 27.7 Å². The van der Waals surface area contributed by atoms with E-state index >= 15 is 0 Å². The summed E-state index contributed by atoms with van der Waals surface area (Å²) in [6, 6.07) is 15.6. The van der Waals surface area contributed by atoms with Crippen molar-refractivity contribution >= 4 is 0 Å². The molecule has 2 aromatic carbocycles. The fourth-order valence-corrected chi connectivity index (χ4v) is 1.63. The summed E-state index contributed by atoms with van der Waals surface area (Å²) in [7, 11) is 0. The van der Waals surface area contributed by atoms with Crippen LogP contribution in [0.1, 0.15) is 23.6 Å². The Bertz CT molecular complexity index is 810. The van der Waals surface area contributed by atoms with Crippen LogP contribution in [0.3, 0.4) is 0 Å². The molecule has 0 fully saturated rings. The molecule has 0 aliphatic rings. The molecule has 0 aromatic heterocycles. The van der Waals surface area contributed by atoms with Crippen LogP contribution >= 0.6 is 0 Å². The van der Waals surface area contributed by atoms with Crippen molar-refractivity contribution in [1.29, 1.82) is 0 Å². The highest BCUT2D eigenvalue weighted by Crippen LogP contribution is 2.08. The first-order valence-corrected chi connectivity index (χ1v) is 9.78. The Morgan fingerprint density at radius 1 is 0.667 bits per heavy atom. The van der Waals surface area contributed by atoms with Crippen LogP contribution in [0.4, 0.5) is 0 Å². The zero-order valence-electron chi connectivity index (χ0n) is 20.1. The van der Waals surface area contributed by atoms with E-state index in [0.717, 1.165) is 5.56 Å². The quantitative estimate of drug-likeness (QED) is 0.239. The minimum absolute atomic E-state index is 0.0185. The van der Waals surface area contributed by atoms with Gasteiger partial charge >= 0.3 is 0 Å². The van der Waals surface area contributed by atoms with Crippen LogP contribution in [-0.4, -0.2) is 25.5 Å². The van der Waals surface area contributed by atoms with Gasteiger partial charge in [0.1, 0.15) is 23.0 Å². The second kappa shape index (κ2) is 21.1. The molecule has 2 rings (SSSR count). The van der Waals surface area contributed by atoms with Gasteiger partial charge in [0.2, 0.25) is 0 Å². The molecule has 0 bridgehead atoms. The van der Waals surface area contributed by atoms with E-state index in [1.165, 1.54) is 36.3 Å². The number of aliphatic hydroxyl groups excluding tert-OH is 4. The fraction of sp³-hybridized carbons (Fsp3) is 0.143. The fourth-order valence-electron chi connectivity index (χ4n) is 1.63. The lowest BCUT2D eigenvalue weighted by Crippen LogP contribution is -1.71. The van der Waals surface area contributed by atoms with E-state index in [9.17, 15) is 0 Å². The Morgan fingerprint density at radius 2 is 0.970 bits per heavy atom. The monoisotopic (exact) mass is 454 g/mol. The van der Waals surface area contributed by atoms with E-state index in [1.807, 2.05) is 19.1 Å². The normalized spacial score (nSPS) is 8.48. The summed E-state index contributed by atoms with van der Waals surface area (Å²) < 4.78 is 0. The van der Waals surface area contributed by atoms with Crippen LogP contribution in [0.15, 0.2) is 123 Å². The zero-order chi connectivity index (χ0) is 26.4. The first-order chi connectivity index (χ1) is 15.2. The number of hydrogen-bond donors (Lipinski definition) is 5. The molecule has 5 nitrogen and oxygen atoms in total. The number of aromatic hydroxyl groups is 1. The van der Waals surface area contributed by atoms with Gasteiger partial charge in [-0.2, -0.15) is 0 Å². The molecule has 5 heteroatoms. The van der Waals surface area contributed by atoms with E-state index in [1.54, 1.807) is 12.1 Å². The van der Waals surface area contributed by atoms with Gasteiger partial charge in [0, 0.05) is 0 Å². The molecule has 0 unspecified atom stereocenters. The largest absolute Gasteiger partial charge is 0.513 e. The highest BCUT2D eigenvalue weighted by atomic mass is 16.3. The molecule has 0 heterocycles. The van der Waals surface area contributed by atoms with Crippen molar-refractivity contribution < 1.29 is 25.5 Å². The maximum Gasteiger partial charge on any atom is 0.115 e. The third-order valence-corrected chi connectivity index (χ3v) is 2.88. The lowest BCUT2D eigenvalue weighted by molar-refractivity contribution is 0.417. The van der Waals surface area contributed by atoms with Gasteiger partial charge in [-0.25, -0.2) is 0 Å². The molecule has 33 heavy (non-hydrogen) atoms. The van der Waals surface area contributed by atoms with Gasteiger partial charge in [0.25, 0.3) is 0 Å². The molecule has 0 saturated heterocycles. The van der Waals surface area contributed by atoms with Crippen molar-refractivity contribution in [3.8, 4) is 5.75 Å². The molecule has 2 aromatic rings. The SMILES string of the molecule is C=C(C)O.C=C(O)/C=C\C(=C)O.C=CC(=C)O.Cc1cccc(C)c1.Cc1cccc(O)c1. The number of aryl methyl sites for hydroxylation is 3. The number of aliphatic hydroxyl groups is 4. The minimum Gasteiger partial charge on any atom is -0.513 e. The third-order valence-electron chi connectivity index (χ3n) is 2.88. The van der Waals surface area contributed by atoms with E-state index < -0.39 is 0 Å². The Kier molecular flexibility index (Phi) is 21.5. The van der Waals surface area contributed by atoms with Crippen LogP contribution < -0.4 is 0 Å². The first-order valence-electron chi connectivity index (χ1n) is 9.78. The Morgan fingerprint density at radius 3 is 1.12 bits per heavy atom. The Labute approximate surface area is 198 Å². The van der Waals surface area contributed by atoms with Crippen LogP contribution in [0, 0.1) is 20.8 Å². The van der Waals surface area contributed by atoms with Gasteiger partial charge in [-0.05, 0) is 63.6 Å². The molecule has 0 spiro atoms. The van der Waals surface area contributed by atoms with Crippen molar-refractivity contribution in [3.63, 3.8) is 0 Å². The van der Waals surface area contributed by atoms with Gasteiger partial charge in [-0.1, -0.05) is 80.4 Å². The van der Waals surface area contributed by atoms with Crippen molar-refractivity contribution in [3.05, 3.63) is 139 Å². The molecule has 5 N–H and O–H groups in total. The Hall–Kier alpha value is -4.12. The van der Waals surface area contributed by atoms with Crippen LogP contribution in [0.25, 0.3) is 0 Å². The predicted molar refractivity (Wildman–Crippen MR) is 141 cm³/mol. The van der Waals surface area contributed by atoms with Crippen molar-refractivity contribution in [2.75, 3.05) is 0 Å². The maximum atomic E-state index is 8.81. The first kappa shape index (κ1) is 33.5. The van der Waals surface area contributed by atoms with Crippen LogP contribution in [0.5, 0.6) is 5.75 Å². The van der Waals surface area contributed by atoms with Gasteiger partial charge in [0.15, 0.2) is 0 Å².